The van der Waals surface area contributed by atoms with Crippen LogP contribution in [0.15, 0.2) is 76.8 Å². The first-order chi connectivity index (χ1) is 16.3. The lowest BCUT2D eigenvalue weighted by molar-refractivity contribution is -0.139. The molecular weight excluding hydrogens is 498 g/mol. The normalized spacial score (nSPS) is 17.3. The number of phenolic OH excluding ortho intramolecular Hbond substituents is 1. The number of rotatable bonds is 6. The molecule has 3 aromatic carbocycles. The second kappa shape index (κ2) is 9.73. The first-order valence-corrected chi connectivity index (χ1v) is 11.6. The molecule has 0 aromatic heterocycles. The summed E-state index contributed by atoms with van der Waals surface area (Å²) in [5.41, 5.74) is 3.00. The van der Waals surface area contributed by atoms with E-state index in [0.717, 1.165) is 11.1 Å². The van der Waals surface area contributed by atoms with Crippen molar-refractivity contribution >= 4 is 33.4 Å². The van der Waals surface area contributed by atoms with Crippen molar-refractivity contribution in [2.24, 2.45) is 0 Å². The zero-order valence-corrected chi connectivity index (χ0v) is 20.4. The van der Waals surface area contributed by atoms with Gasteiger partial charge in [-0.05, 0) is 52.5 Å². The van der Waals surface area contributed by atoms with E-state index in [9.17, 15) is 19.8 Å². The lowest BCUT2D eigenvalue weighted by Crippen LogP contribution is -2.31. The number of likely N-dealkylation sites (tertiary alicyclic amines) is 1. The maximum atomic E-state index is 13.2. The summed E-state index contributed by atoms with van der Waals surface area (Å²) in [7, 11) is 1.42. The molecule has 174 valence electrons. The van der Waals surface area contributed by atoms with Crippen molar-refractivity contribution in [3.05, 3.63) is 99.0 Å². The van der Waals surface area contributed by atoms with Gasteiger partial charge >= 0.3 is 0 Å². The lowest BCUT2D eigenvalue weighted by atomic mass is 9.94. The second-order valence-electron chi connectivity index (χ2n) is 8.15. The van der Waals surface area contributed by atoms with Crippen LogP contribution >= 0.6 is 15.9 Å². The van der Waals surface area contributed by atoms with Crippen LogP contribution in [-0.2, 0) is 16.0 Å². The van der Waals surface area contributed by atoms with E-state index in [0.29, 0.717) is 22.0 Å². The van der Waals surface area contributed by atoms with Crippen molar-refractivity contribution in [3.8, 4) is 11.5 Å². The van der Waals surface area contributed by atoms with Crippen LogP contribution in [0.1, 0.15) is 28.3 Å². The van der Waals surface area contributed by atoms with E-state index in [1.807, 2.05) is 49.4 Å². The molecule has 1 fully saturated rings. The number of phenols is 1. The monoisotopic (exact) mass is 521 g/mol. The number of halogens is 1. The van der Waals surface area contributed by atoms with Crippen molar-refractivity contribution in [2.75, 3.05) is 13.7 Å². The summed E-state index contributed by atoms with van der Waals surface area (Å²) < 4.78 is 5.64. The highest BCUT2D eigenvalue weighted by Crippen LogP contribution is 2.44. The molecule has 1 saturated heterocycles. The van der Waals surface area contributed by atoms with Gasteiger partial charge in [0.25, 0.3) is 11.7 Å². The Morgan fingerprint density at radius 1 is 1.06 bits per heavy atom. The molecule has 2 N–H and O–H groups in total. The predicted molar refractivity (Wildman–Crippen MR) is 133 cm³/mol. The van der Waals surface area contributed by atoms with Crippen LogP contribution < -0.4 is 4.74 Å². The third kappa shape index (κ3) is 4.43. The molecule has 6 nitrogen and oxygen atoms in total. The van der Waals surface area contributed by atoms with Crippen LogP contribution in [0.2, 0.25) is 0 Å². The molecule has 0 saturated carbocycles. The summed E-state index contributed by atoms with van der Waals surface area (Å²) in [6, 6.07) is 19.1. The van der Waals surface area contributed by atoms with Crippen LogP contribution in [0.5, 0.6) is 11.5 Å². The van der Waals surface area contributed by atoms with Gasteiger partial charge in [-0.1, -0.05) is 60.2 Å². The van der Waals surface area contributed by atoms with E-state index < -0.39 is 17.7 Å². The predicted octanol–water partition coefficient (Wildman–Crippen LogP) is 5.14. The lowest BCUT2D eigenvalue weighted by Gasteiger charge is -2.26. The molecule has 1 atom stereocenters. The molecule has 1 aliphatic heterocycles. The number of aromatic hydroxyl groups is 1. The minimum atomic E-state index is -0.851. The molecule has 1 aliphatic rings. The molecule has 1 unspecified atom stereocenters. The molecular formula is C27H24BrNO5. The molecule has 0 radical (unpaired) electrons. The zero-order valence-electron chi connectivity index (χ0n) is 18.8. The molecule has 0 spiro atoms. The van der Waals surface area contributed by atoms with Crippen LogP contribution in [0, 0.1) is 6.92 Å². The SMILES string of the molecule is COc1cc(C2C(=C(O)c3ccc(C)cc3)C(=O)C(=O)N2CCc2ccccc2)cc(Br)c1O. The number of amides is 1. The molecule has 4 rings (SSSR count). The Morgan fingerprint density at radius 2 is 1.74 bits per heavy atom. The van der Waals surface area contributed by atoms with Gasteiger partial charge in [-0.25, -0.2) is 0 Å². The summed E-state index contributed by atoms with van der Waals surface area (Å²) in [6.07, 6.45) is 0.533. The van der Waals surface area contributed by atoms with Gasteiger partial charge in [0.05, 0.1) is 23.2 Å². The van der Waals surface area contributed by atoms with E-state index in [2.05, 4.69) is 15.9 Å². The van der Waals surface area contributed by atoms with Crippen molar-refractivity contribution in [1.82, 2.24) is 4.90 Å². The maximum Gasteiger partial charge on any atom is 0.295 e. The summed E-state index contributed by atoms with van der Waals surface area (Å²) in [5.74, 6) is -1.58. The highest BCUT2D eigenvalue weighted by molar-refractivity contribution is 9.10. The number of ether oxygens (including phenoxy) is 1. The summed E-state index contributed by atoms with van der Waals surface area (Å²) in [4.78, 5) is 27.8. The Kier molecular flexibility index (Phi) is 6.75. The molecule has 0 bridgehead atoms. The molecule has 34 heavy (non-hydrogen) atoms. The Hall–Kier alpha value is -3.58. The molecule has 3 aromatic rings. The maximum absolute atomic E-state index is 13.2. The second-order valence-corrected chi connectivity index (χ2v) is 9.00. The van der Waals surface area contributed by atoms with Crippen molar-refractivity contribution in [2.45, 2.75) is 19.4 Å². The number of benzene rings is 3. The third-order valence-electron chi connectivity index (χ3n) is 5.94. The molecule has 7 heteroatoms. The van der Waals surface area contributed by atoms with Crippen LogP contribution in [0.25, 0.3) is 5.76 Å². The fraction of sp³-hybridized carbons (Fsp3) is 0.185. The Balaban J connectivity index is 1.85. The van der Waals surface area contributed by atoms with E-state index in [1.165, 1.54) is 12.0 Å². The van der Waals surface area contributed by atoms with Gasteiger partial charge in [-0.2, -0.15) is 0 Å². The van der Waals surface area contributed by atoms with Crippen LogP contribution in [-0.4, -0.2) is 40.5 Å². The standard InChI is InChI=1S/C27H24BrNO5/c1-16-8-10-18(11-9-16)24(30)22-23(19-14-20(28)25(31)21(15-19)34-2)29(27(33)26(22)32)13-12-17-6-4-3-5-7-17/h3-11,14-15,23,30-31H,12-13H2,1-2H3. The number of aliphatic hydroxyl groups is 1. The summed E-state index contributed by atoms with van der Waals surface area (Å²) in [5, 5.41) is 21.5. The Morgan fingerprint density at radius 3 is 2.38 bits per heavy atom. The number of aryl methyl sites for hydroxylation is 1. The Bertz CT molecular complexity index is 1270. The number of carbonyl (C=O) groups is 2. The fourth-order valence-corrected chi connectivity index (χ4v) is 4.59. The van der Waals surface area contributed by atoms with Crippen molar-refractivity contribution in [1.29, 1.82) is 0 Å². The average molecular weight is 522 g/mol. The highest BCUT2D eigenvalue weighted by atomic mass is 79.9. The van der Waals surface area contributed by atoms with Gasteiger partial charge in [0, 0.05) is 12.1 Å². The van der Waals surface area contributed by atoms with Gasteiger partial charge in [0.1, 0.15) is 5.76 Å². The highest BCUT2D eigenvalue weighted by Gasteiger charge is 2.46. The molecule has 1 heterocycles. The largest absolute Gasteiger partial charge is 0.507 e. The number of aliphatic hydroxyl groups excluding tert-OH is 1. The number of hydrogen-bond donors (Lipinski definition) is 2. The van der Waals surface area contributed by atoms with Crippen molar-refractivity contribution < 1.29 is 24.5 Å². The average Bonchev–Trinajstić information content (AvgIpc) is 3.10. The van der Waals surface area contributed by atoms with Gasteiger partial charge in [0.2, 0.25) is 0 Å². The van der Waals surface area contributed by atoms with Gasteiger partial charge in [-0.3, -0.25) is 9.59 Å². The fourth-order valence-electron chi connectivity index (χ4n) is 4.13. The zero-order chi connectivity index (χ0) is 24.4. The third-order valence-corrected chi connectivity index (χ3v) is 6.54. The smallest absolute Gasteiger partial charge is 0.295 e. The van der Waals surface area contributed by atoms with E-state index in [-0.39, 0.29) is 29.4 Å². The number of methoxy groups -OCH3 is 1. The number of hydrogen-bond acceptors (Lipinski definition) is 5. The van der Waals surface area contributed by atoms with E-state index in [4.69, 9.17) is 4.74 Å². The van der Waals surface area contributed by atoms with Crippen LogP contribution in [0.3, 0.4) is 0 Å². The summed E-state index contributed by atoms with van der Waals surface area (Å²) >= 11 is 3.32. The minimum absolute atomic E-state index is 0.00144. The Labute approximate surface area is 206 Å². The van der Waals surface area contributed by atoms with E-state index in [1.54, 1.807) is 24.3 Å². The number of nitrogens with zero attached hydrogens (tertiary/aromatic N) is 1. The topological polar surface area (TPSA) is 87.1 Å². The minimum Gasteiger partial charge on any atom is -0.507 e. The number of ketones is 1. The van der Waals surface area contributed by atoms with E-state index >= 15 is 0 Å². The van der Waals surface area contributed by atoms with Gasteiger partial charge in [0.15, 0.2) is 11.5 Å². The summed E-state index contributed by atoms with van der Waals surface area (Å²) in [6.45, 7) is 2.19. The first kappa shape index (κ1) is 23.6. The van der Waals surface area contributed by atoms with Crippen molar-refractivity contribution in [3.63, 3.8) is 0 Å². The molecule has 0 aliphatic carbocycles. The quantitative estimate of drug-likeness (QED) is 0.266. The van der Waals surface area contributed by atoms with Gasteiger partial charge < -0.3 is 19.8 Å². The molecule has 1 amide bonds. The number of Topliss-reactive ketones (excluding diaryl/α,β-unsaturated/α-hetero) is 1. The first-order valence-electron chi connectivity index (χ1n) is 10.8. The van der Waals surface area contributed by atoms with Crippen LogP contribution in [0.4, 0.5) is 0 Å². The number of carbonyl (C=O) groups excluding carboxylic acids is 2. The van der Waals surface area contributed by atoms with Gasteiger partial charge in [-0.15, -0.1) is 0 Å².